The highest BCUT2D eigenvalue weighted by atomic mass is 35.5. The highest BCUT2D eigenvalue weighted by Gasteiger charge is 2.35. The van der Waals surface area contributed by atoms with E-state index in [0.717, 1.165) is 0 Å². The van der Waals surface area contributed by atoms with Gasteiger partial charge in [-0.25, -0.2) is 8.42 Å². The average molecular weight is 432 g/mol. The van der Waals surface area contributed by atoms with E-state index in [1.54, 1.807) is 19.1 Å². The molecule has 1 aromatic heterocycles. The monoisotopic (exact) mass is 431 g/mol. The van der Waals surface area contributed by atoms with Crippen LogP contribution in [0.1, 0.15) is 29.5 Å². The smallest absolute Gasteiger partial charge is 0.254 e. The molecule has 1 fully saturated rings. The summed E-state index contributed by atoms with van der Waals surface area (Å²) < 4.78 is 34.6. The van der Waals surface area contributed by atoms with E-state index in [0.29, 0.717) is 24.5 Å². The van der Waals surface area contributed by atoms with Gasteiger partial charge in [0.2, 0.25) is 0 Å². The van der Waals surface area contributed by atoms with Crippen molar-refractivity contribution in [2.75, 3.05) is 18.1 Å². The summed E-state index contributed by atoms with van der Waals surface area (Å²) in [7, 11) is -3.16. The Morgan fingerprint density at radius 1 is 1.33 bits per heavy atom. The van der Waals surface area contributed by atoms with Crippen molar-refractivity contribution < 1.29 is 22.4 Å². The standard InChI is InChI=1S/C18H19Cl2NO5S/c1-2-25-17-15(19)8-12(9-16(17)20)18(22)21(10-14-4-3-6-26-14)13-5-7-27(23,24)11-13/h3-4,6,8-9,13H,2,5,7,10-11H2,1H3/t13-/m0/s1. The molecule has 0 N–H and O–H groups in total. The SMILES string of the molecule is CCOc1c(Cl)cc(C(=O)N(Cc2ccco2)[C@H]2CCS(=O)(=O)C2)cc1Cl. The second-order valence-corrected chi connectivity index (χ2v) is 9.31. The highest BCUT2D eigenvalue weighted by Crippen LogP contribution is 2.35. The van der Waals surface area contributed by atoms with E-state index in [1.807, 2.05) is 0 Å². The molecular weight excluding hydrogens is 413 g/mol. The summed E-state index contributed by atoms with van der Waals surface area (Å²) in [5.74, 6) is 0.511. The minimum atomic E-state index is -3.16. The van der Waals surface area contributed by atoms with E-state index in [1.165, 1.54) is 23.3 Å². The molecule has 2 aromatic rings. The van der Waals surface area contributed by atoms with Crippen LogP contribution in [-0.4, -0.2) is 43.4 Å². The number of carbonyl (C=O) groups excluding carboxylic acids is 1. The van der Waals surface area contributed by atoms with Crippen molar-refractivity contribution >= 4 is 38.9 Å². The molecule has 3 rings (SSSR count). The molecule has 1 saturated heterocycles. The fraction of sp³-hybridized carbons (Fsp3) is 0.389. The molecule has 0 radical (unpaired) electrons. The van der Waals surface area contributed by atoms with Gasteiger partial charge in [0.1, 0.15) is 5.76 Å². The molecule has 1 aromatic carbocycles. The number of amides is 1. The maximum absolute atomic E-state index is 13.2. The van der Waals surface area contributed by atoms with Crippen LogP contribution in [-0.2, 0) is 16.4 Å². The van der Waals surface area contributed by atoms with Crippen molar-refractivity contribution in [3.8, 4) is 5.75 Å². The summed E-state index contributed by atoms with van der Waals surface area (Å²) in [6.45, 7) is 2.35. The lowest BCUT2D eigenvalue weighted by atomic mass is 10.1. The first-order valence-electron chi connectivity index (χ1n) is 8.46. The molecule has 146 valence electrons. The predicted molar refractivity (Wildman–Crippen MR) is 103 cm³/mol. The largest absolute Gasteiger partial charge is 0.491 e. The zero-order valence-electron chi connectivity index (χ0n) is 14.7. The van der Waals surface area contributed by atoms with Crippen molar-refractivity contribution in [1.82, 2.24) is 4.90 Å². The Labute approximate surface area is 167 Å². The summed E-state index contributed by atoms with van der Waals surface area (Å²) in [5.41, 5.74) is 0.268. The summed E-state index contributed by atoms with van der Waals surface area (Å²) in [5, 5.41) is 0.453. The van der Waals surface area contributed by atoms with E-state index in [4.69, 9.17) is 32.4 Å². The van der Waals surface area contributed by atoms with E-state index >= 15 is 0 Å². The van der Waals surface area contributed by atoms with Crippen LogP contribution in [0.2, 0.25) is 10.0 Å². The molecule has 27 heavy (non-hydrogen) atoms. The molecule has 6 nitrogen and oxygen atoms in total. The third kappa shape index (κ3) is 4.59. The zero-order chi connectivity index (χ0) is 19.6. The lowest BCUT2D eigenvalue weighted by Gasteiger charge is -2.28. The van der Waals surface area contributed by atoms with Gasteiger partial charge >= 0.3 is 0 Å². The van der Waals surface area contributed by atoms with Crippen LogP contribution in [0.5, 0.6) is 5.75 Å². The van der Waals surface area contributed by atoms with Crippen LogP contribution in [0.15, 0.2) is 34.9 Å². The predicted octanol–water partition coefficient (Wildman–Crippen LogP) is 3.81. The minimum absolute atomic E-state index is 0.0599. The average Bonchev–Trinajstić information content (AvgIpc) is 3.24. The first kappa shape index (κ1) is 20.0. The van der Waals surface area contributed by atoms with Crippen molar-refractivity contribution in [2.24, 2.45) is 0 Å². The number of nitrogens with zero attached hydrogens (tertiary/aromatic N) is 1. The third-order valence-electron chi connectivity index (χ3n) is 4.35. The first-order valence-corrected chi connectivity index (χ1v) is 11.0. The maximum atomic E-state index is 13.2. The molecule has 0 bridgehead atoms. The minimum Gasteiger partial charge on any atom is -0.491 e. The number of rotatable bonds is 6. The van der Waals surface area contributed by atoms with Crippen molar-refractivity contribution in [3.63, 3.8) is 0 Å². The summed E-state index contributed by atoms with van der Waals surface area (Å²) in [4.78, 5) is 14.7. The number of ether oxygens (including phenoxy) is 1. The highest BCUT2D eigenvalue weighted by molar-refractivity contribution is 7.91. The van der Waals surface area contributed by atoms with Crippen LogP contribution in [0, 0.1) is 0 Å². The number of sulfone groups is 1. The van der Waals surface area contributed by atoms with Gasteiger partial charge in [0.15, 0.2) is 15.6 Å². The lowest BCUT2D eigenvalue weighted by molar-refractivity contribution is 0.0666. The van der Waals surface area contributed by atoms with Crippen LogP contribution in [0.25, 0.3) is 0 Å². The summed E-state index contributed by atoms with van der Waals surface area (Å²) in [6, 6.07) is 5.99. The molecule has 0 unspecified atom stereocenters. The third-order valence-corrected chi connectivity index (χ3v) is 6.66. The van der Waals surface area contributed by atoms with Gasteiger partial charge in [-0.3, -0.25) is 4.79 Å². The topological polar surface area (TPSA) is 76.8 Å². The molecule has 1 amide bonds. The molecular formula is C18H19Cl2NO5S. The maximum Gasteiger partial charge on any atom is 0.254 e. The van der Waals surface area contributed by atoms with Gasteiger partial charge in [-0.05, 0) is 37.6 Å². The van der Waals surface area contributed by atoms with E-state index in [2.05, 4.69) is 0 Å². The van der Waals surface area contributed by atoms with Gasteiger partial charge in [-0.15, -0.1) is 0 Å². The number of benzene rings is 1. The number of furan rings is 1. The second kappa shape index (κ2) is 8.12. The van der Waals surface area contributed by atoms with E-state index in [-0.39, 0.29) is 39.6 Å². The Balaban J connectivity index is 1.93. The quantitative estimate of drug-likeness (QED) is 0.694. The van der Waals surface area contributed by atoms with Crippen LogP contribution in [0.3, 0.4) is 0 Å². The number of hydrogen-bond donors (Lipinski definition) is 0. The molecule has 0 spiro atoms. The van der Waals surface area contributed by atoms with Gasteiger partial charge in [-0.2, -0.15) is 0 Å². The molecule has 1 aliphatic heterocycles. The van der Waals surface area contributed by atoms with Gasteiger partial charge in [0, 0.05) is 11.6 Å². The fourth-order valence-corrected chi connectivity index (χ4v) is 5.42. The normalized spacial score (nSPS) is 18.4. The molecule has 1 aliphatic rings. The van der Waals surface area contributed by atoms with Gasteiger partial charge < -0.3 is 14.1 Å². The van der Waals surface area contributed by atoms with Crippen LogP contribution < -0.4 is 4.74 Å². The van der Waals surface area contributed by atoms with E-state index < -0.39 is 15.9 Å². The van der Waals surface area contributed by atoms with Crippen molar-refractivity contribution in [3.05, 3.63) is 51.9 Å². The molecule has 1 atom stereocenters. The number of carbonyl (C=O) groups is 1. The summed E-state index contributed by atoms with van der Waals surface area (Å²) >= 11 is 12.4. The Bertz CT molecular complexity index is 904. The fourth-order valence-electron chi connectivity index (χ4n) is 3.09. The van der Waals surface area contributed by atoms with Crippen molar-refractivity contribution in [1.29, 1.82) is 0 Å². The summed E-state index contributed by atoms with van der Waals surface area (Å²) in [6.07, 6.45) is 1.89. The van der Waals surface area contributed by atoms with Crippen LogP contribution in [0.4, 0.5) is 0 Å². The Kier molecular flexibility index (Phi) is 6.03. The molecule has 0 aliphatic carbocycles. The molecule has 2 heterocycles. The zero-order valence-corrected chi connectivity index (χ0v) is 17.0. The number of hydrogen-bond acceptors (Lipinski definition) is 5. The Hall–Kier alpha value is -1.70. The van der Waals surface area contributed by atoms with Gasteiger partial charge in [0.05, 0.1) is 41.0 Å². The number of halogens is 2. The van der Waals surface area contributed by atoms with Crippen LogP contribution >= 0.6 is 23.2 Å². The van der Waals surface area contributed by atoms with Crippen molar-refractivity contribution in [2.45, 2.75) is 25.9 Å². The Morgan fingerprint density at radius 3 is 2.56 bits per heavy atom. The van der Waals surface area contributed by atoms with Gasteiger partial charge in [0.25, 0.3) is 5.91 Å². The lowest BCUT2D eigenvalue weighted by Crippen LogP contribution is -2.40. The van der Waals surface area contributed by atoms with E-state index in [9.17, 15) is 13.2 Å². The van der Waals surface area contributed by atoms with Gasteiger partial charge in [-0.1, -0.05) is 23.2 Å². The molecule has 9 heteroatoms. The Morgan fingerprint density at radius 2 is 2.04 bits per heavy atom. The molecule has 0 saturated carbocycles. The second-order valence-electron chi connectivity index (χ2n) is 6.27. The first-order chi connectivity index (χ1) is 12.8.